The van der Waals surface area contributed by atoms with Gasteiger partial charge in [-0.25, -0.2) is 22.5 Å². The first-order valence-electron chi connectivity index (χ1n) is 8.44. The molecule has 0 fully saturated rings. The lowest BCUT2D eigenvalue weighted by Gasteiger charge is -2.11. The van der Waals surface area contributed by atoms with Crippen LogP contribution in [0.25, 0.3) is 0 Å². The quantitative estimate of drug-likeness (QED) is 0.586. The second kappa shape index (κ2) is 8.62. The number of rotatable bonds is 6. The number of nitrogens with zero attached hydrogens (tertiary/aromatic N) is 1. The van der Waals surface area contributed by atoms with Gasteiger partial charge < -0.3 is 5.32 Å². The molecule has 1 aromatic heterocycles. The number of benzene rings is 2. The molecule has 3 aromatic rings. The largest absolute Gasteiger partial charge is 0.322 e. The van der Waals surface area contributed by atoms with Gasteiger partial charge in [0.1, 0.15) is 5.82 Å². The van der Waals surface area contributed by atoms with Crippen LogP contribution >= 0.6 is 23.1 Å². The number of anilines is 1. The highest BCUT2D eigenvalue weighted by atomic mass is 32.2. The van der Waals surface area contributed by atoms with Crippen LogP contribution in [0.15, 0.2) is 55.9 Å². The molecule has 6 nitrogen and oxygen atoms in total. The Labute approximate surface area is 176 Å². The maximum atomic E-state index is 14.1. The van der Waals surface area contributed by atoms with Crippen molar-refractivity contribution in [2.45, 2.75) is 28.0 Å². The van der Waals surface area contributed by atoms with Gasteiger partial charge in [-0.2, -0.15) is 0 Å². The minimum atomic E-state index is -3.79. The van der Waals surface area contributed by atoms with Crippen molar-refractivity contribution in [1.82, 2.24) is 9.71 Å². The van der Waals surface area contributed by atoms with E-state index in [2.05, 4.69) is 15.0 Å². The fourth-order valence-electron chi connectivity index (χ4n) is 2.47. The summed E-state index contributed by atoms with van der Waals surface area (Å²) in [7, 11) is -2.55. The first-order chi connectivity index (χ1) is 13.7. The summed E-state index contributed by atoms with van der Waals surface area (Å²) in [6, 6.07) is 8.54. The van der Waals surface area contributed by atoms with Crippen molar-refractivity contribution in [3.05, 3.63) is 64.4 Å². The molecule has 29 heavy (non-hydrogen) atoms. The van der Waals surface area contributed by atoms with E-state index < -0.39 is 21.7 Å². The van der Waals surface area contributed by atoms with Gasteiger partial charge in [0.05, 0.1) is 10.5 Å². The van der Waals surface area contributed by atoms with E-state index in [1.807, 2.05) is 31.4 Å². The minimum Gasteiger partial charge on any atom is -0.322 e. The molecule has 1 heterocycles. The number of aromatic nitrogens is 1. The summed E-state index contributed by atoms with van der Waals surface area (Å²) in [6.07, 6.45) is 0. The average Bonchev–Trinajstić information content (AvgIpc) is 3.08. The highest BCUT2D eigenvalue weighted by Gasteiger charge is 2.19. The molecule has 0 spiro atoms. The third-order valence-electron chi connectivity index (χ3n) is 4.01. The Morgan fingerprint density at radius 3 is 2.55 bits per heavy atom. The van der Waals surface area contributed by atoms with Gasteiger partial charge in [-0.3, -0.25) is 4.79 Å². The lowest BCUT2D eigenvalue weighted by atomic mass is 10.1. The maximum absolute atomic E-state index is 14.1. The third kappa shape index (κ3) is 5.02. The number of aryl methyl sites for hydroxylation is 2. The van der Waals surface area contributed by atoms with Crippen molar-refractivity contribution < 1.29 is 17.6 Å². The predicted molar refractivity (Wildman–Crippen MR) is 113 cm³/mol. The molecule has 0 unspecified atom stereocenters. The zero-order valence-electron chi connectivity index (χ0n) is 15.8. The van der Waals surface area contributed by atoms with E-state index in [1.54, 1.807) is 17.4 Å². The molecule has 2 aromatic carbocycles. The Hall–Kier alpha value is -2.27. The zero-order chi connectivity index (χ0) is 21.2. The number of sulfonamides is 1. The molecular formula is C19H18FN3O3S3. The van der Waals surface area contributed by atoms with Gasteiger partial charge in [-0.05, 0) is 62.9 Å². The average molecular weight is 452 g/mol. The van der Waals surface area contributed by atoms with Gasteiger partial charge in [0, 0.05) is 21.7 Å². The number of carbonyl (C=O) groups excluding carboxylic acids is 1. The molecule has 0 saturated heterocycles. The van der Waals surface area contributed by atoms with Gasteiger partial charge in [0.15, 0.2) is 4.34 Å². The normalized spacial score (nSPS) is 11.4. The maximum Gasteiger partial charge on any atom is 0.258 e. The Morgan fingerprint density at radius 1 is 1.17 bits per heavy atom. The number of nitrogens with one attached hydrogen (secondary N) is 2. The molecule has 0 saturated carbocycles. The van der Waals surface area contributed by atoms with E-state index in [9.17, 15) is 17.6 Å². The molecule has 0 aliphatic carbocycles. The number of thiazole rings is 1. The summed E-state index contributed by atoms with van der Waals surface area (Å²) in [6.45, 7) is 3.76. The van der Waals surface area contributed by atoms with Crippen LogP contribution in [0.2, 0.25) is 0 Å². The molecule has 10 heteroatoms. The van der Waals surface area contributed by atoms with E-state index in [0.29, 0.717) is 5.69 Å². The van der Waals surface area contributed by atoms with E-state index in [0.717, 1.165) is 38.7 Å². The molecule has 0 aliphatic heterocycles. The fraction of sp³-hybridized carbons (Fsp3) is 0.158. The molecule has 152 valence electrons. The number of halogens is 1. The Kier molecular flexibility index (Phi) is 6.37. The second-order valence-electron chi connectivity index (χ2n) is 6.14. The zero-order valence-corrected chi connectivity index (χ0v) is 18.3. The first kappa shape index (κ1) is 21.4. The molecule has 0 aliphatic rings. The van der Waals surface area contributed by atoms with Crippen LogP contribution < -0.4 is 10.0 Å². The second-order valence-corrected chi connectivity index (χ2v) is 10.2. The van der Waals surface area contributed by atoms with E-state index >= 15 is 0 Å². The standard InChI is InChI=1S/C19H18FN3O3S3/c1-11-8-13(28-19-22-12(2)10-27-19)4-7-17(11)23-18(24)15-9-14(5-6-16(15)20)29(25,26)21-3/h4-10,21H,1-3H3,(H,23,24). The minimum absolute atomic E-state index is 0.186. The van der Waals surface area contributed by atoms with Gasteiger partial charge >= 0.3 is 0 Å². The third-order valence-corrected chi connectivity index (χ3v) is 7.47. The molecular weight excluding hydrogens is 433 g/mol. The van der Waals surface area contributed by atoms with Crippen LogP contribution in [0.5, 0.6) is 0 Å². The summed E-state index contributed by atoms with van der Waals surface area (Å²) >= 11 is 3.07. The molecule has 2 N–H and O–H groups in total. The molecule has 1 amide bonds. The van der Waals surface area contributed by atoms with Crippen LogP contribution in [-0.4, -0.2) is 26.4 Å². The summed E-state index contributed by atoms with van der Waals surface area (Å²) in [4.78, 5) is 17.7. The van der Waals surface area contributed by atoms with Crippen molar-refractivity contribution in [2.24, 2.45) is 0 Å². The Bertz CT molecular complexity index is 1180. The van der Waals surface area contributed by atoms with Gasteiger partial charge in [-0.1, -0.05) is 11.8 Å². The smallest absolute Gasteiger partial charge is 0.258 e. The van der Waals surface area contributed by atoms with Crippen molar-refractivity contribution in [3.8, 4) is 0 Å². The molecule has 0 radical (unpaired) electrons. The SMILES string of the molecule is CNS(=O)(=O)c1ccc(F)c(C(=O)Nc2ccc(Sc3nc(C)cs3)cc2C)c1. The van der Waals surface area contributed by atoms with E-state index in [1.165, 1.54) is 18.8 Å². The number of carbonyl (C=O) groups is 1. The highest BCUT2D eigenvalue weighted by Crippen LogP contribution is 2.32. The van der Waals surface area contributed by atoms with Crippen LogP contribution in [0.4, 0.5) is 10.1 Å². The number of hydrogen-bond acceptors (Lipinski definition) is 6. The van der Waals surface area contributed by atoms with Crippen LogP contribution in [0, 0.1) is 19.7 Å². The van der Waals surface area contributed by atoms with E-state index in [4.69, 9.17) is 0 Å². The topological polar surface area (TPSA) is 88.2 Å². The van der Waals surface area contributed by atoms with Crippen molar-refractivity contribution >= 4 is 44.7 Å². The number of hydrogen-bond donors (Lipinski definition) is 2. The highest BCUT2D eigenvalue weighted by molar-refractivity contribution is 8.01. The summed E-state index contributed by atoms with van der Waals surface area (Å²) in [5, 5.41) is 4.62. The molecule has 3 rings (SSSR count). The summed E-state index contributed by atoms with van der Waals surface area (Å²) in [5.74, 6) is -1.53. The first-order valence-corrected chi connectivity index (χ1v) is 11.6. The van der Waals surface area contributed by atoms with Crippen LogP contribution in [0.3, 0.4) is 0 Å². The Morgan fingerprint density at radius 2 is 1.93 bits per heavy atom. The van der Waals surface area contributed by atoms with Gasteiger partial charge in [0.2, 0.25) is 10.0 Å². The van der Waals surface area contributed by atoms with Crippen LogP contribution in [0.1, 0.15) is 21.6 Å². The van der Waals surface area contributed by atoms with E-state index in [-0.39, 0.29) is 10.5 Å². The lowest BCUT2D eigenvalue weighted by molar-refractivity contribution is 0.102. The fourth-order valence-corrected chi connectivity index (χ4v) is 5.14. The summed E-state index contributed by atoms with van der Waals surface area (Å²) in [5.41, 5.74) is 1.91. The molecule has 0 bridgehead atoms. The van der Waals surface area contributed by atoms with Crippen LogP contribution in [-0.2, 0) is 10.0 Å². The Balaban J connectivity index is 1.81. The summed E-state index contributed by atoms with van der Waals surface area (Å²) < 4.78 is 41.0. The molecule has 0 atom stereocenters. The van der Waals surface area contributed by atoms with Crippen molar-refractivity contribution in [3.63, 3.8) is 0 Å². The lowest BCUT2D eigenvalue weighted by Crippen LogP contribution is -2.20. The predicted octanol–water partition coefficient (Wildman–Crippen LogP) is 4.21. The van der Waals surface area contributed by atoms with Gasteiger partial charge in [0.25, 0.3) is 5.91 Å². The van der Waals surface area contributed by atoms with Crippen molar-refractivity contribution in [2.75, 3.05) is 12.4 Å². The van der Waals surface area contributed by atoms with Crippen molar-refractivity contribution in [1.29, 1.82) is 0 Å². The monoisotopic (exact) mass is 451 g/mol. The van der Waals surface area contributed by atoms with Gasteiger partial charge in [-0.15, -0.1) is 11.3 Å². The number of amides is 1.